The highest BCUT2D eigenvalue weighted by molar-refractivity contribution is 5.99. The fourth-order valence-electron chi connectivity index (χ4n) is 2.21. The van der Waals surface area contributed by atoms with E-state index in [-0.39, 0.29) is 6.79 Å². The van der Waals surface area contributed by atoms with Crippen molar-refractivity contribution in [3.63, 3.8) is 0 Å². The van der Waals surface area contributed by atoms with Crippen LogP contribution in [0.15, 0.2) is 23.4 Å². The topological polar surface area (TPSA) is 69.6 Å². The van der Waals surface area contributed by atoms with Crippen molar-refractivity contribution in [2.24, 2.45) is 5.16 Å². The molecule has 2 heterocycles. The molecular weight excluding hydrogens is 276 g/mol. The molecule has 0 aliphatic carbocycles. The molecule has 0 aromatic heterocycles. The van der Waals surface area contributed by atoms with Gasteiger partial charge >= 0.3 is 5.97 Å². The summed E-state index contributed by atoms with van der Waals surface area (Å²) in [6.07, 6.45) is 0. The van der Waals surface area contributed by atoms with Crippen molar-refractivity contribution in [3.8, 4) is 11.5 Å². The lowest BCUT2D eigenvalue weighted by molar-refractivity contribution is -0.141. The van der Waals surface area contributed by atoms with Gasteiger partial charge in [0, 0.05) is 25.6 Å². The number of morpholine rings is 1. The zero-order valence-electron chi connectivity index (χ0n) is 11.7. The third kappa shape index (κ3) is 3.08. The van der Waals surface area contributed by atoms with Gasteiger partial charge in [0.15, 0.2) is 17.3 Å². The number of amidine groups is 1. The minimum atomic E-state index is -0.457. The number of oxime groups is 1. The van der Waals surface area contributed by atoms with Crippen molar-refractivity contribution >= 4 is 11.8 Å². The molecule has 21 heavy (non-hydrogen) atoms. The van der Waals surface area contributed by atoms with Crippen LogP contribution < -0.4 is 9.47 Å². The average Bonchev–Trinajstić information content (AvgIpc) is 2.96. The van der Waals surface area contributed by atoms with E-state index in [2.05, 4.69) is 5.16 Å². The predicted molar refractivity (Wildman–Crippen MR) is 73.3 cm³/mol. The van der Waals surface area contributed by atoms with E-state index in [9.17, 15) is 4.79 Å². The number of fused-ring (bicyclic) bond motifs is 1. The summed E-state index contributed by atoms with van der Waals surface area (Å²) in [7, 11) is 0. The molecule has 0 amide bonds. The maximum atomic E-state index is 11.0. The Labute approximate surface area is 122 Å². The van der Waals surface area contributed by atoms with Crippen molar-refractivity contribution in [1.29, 1.82) is 0 Å². The smallest absolute Gasteiger partial charge is 0.332 e. The lowest BCUT2D eigenvalue weighted by Gasteiger charge is -2.29. The number of carbonyl (C=O) groups excluding carboxylic acids is 1. The molecule has 0 bridgehead atoms. The molecule has 1 saturated heterocycles. The fraction of sp³-hybridized carbons (Fsp3) is 0.429. The minimum Gasteiger partial charge on any atom is -0.454 e. The number of rotatable bonds is 2. The van der Waals surface area contributed by atoms with Gasteiger partial charge in [0.05, 0.1) is 13.2 Å². The van der Waals surface area contributed by atoms with Gasteiger partial charge in [0.2, 0.25) is 6.79 Å². The summed E-state index contributed by atoms with van der Waals surface area (Å²) < 4.78 is 16.0. The Hall–Kier alpha value is -2.28. The van der Waals surface area contributed by atoms with Crippen LogP contribution in [0.4, 0.5) is 0 Å². The molecule has 112 valence electrons. The van der Waals surface area contributed by atoms with E-state index in [0.717, 1.165) is 5.56 Å². The molecule has 2 aliphatic rings. The third-order valence-electron chi connectivity index (χ3n) is 3.20. The predicted octanol–water partition coefficient (Wildman–Crippen LogP) is 0.972. The van der Waals surface area contributed by atoms with Crippen molar-refractivity contribution in [2.75, 3.05) is 33.1 Å². The summed E-state index contributed by atoms with van der Waals surface area (Å²) in [6, 6.07) is 5.52. The second kappa shape index (κ2) is 6.01. The van der Waals surface area contributed by atoms with Gasteiger partial charge in [-0.2, -0.15) is 0 Å². The summed E-state index contributed by atoms with van der Waals surface area (Å²) in [5.41, 5.74) is 0.808. The second-order valence-electron chi connectivity index (χ2n) is 4.67. The van der Waals surface area contributed by atoms with E-state index in [1.54, 1.807) is 0 Å². The van der Waals surface area contributed by atoms with Gasteiger partial charge < -0.3 is 23.9 Å². The van der Waals surface area contributed by atoms with E-state index in [0.29, 0.717) is 43.6 Å². The second-order valence-corrected chi connectivity index (χ2v) is 4.67. The highest BCUT2D eigenvalue weighted by Crippen LogP contribution is 2.33. The van der Waals surface area contributed by atoms with E-state index < -0.39 is 5.97 Å². The number of ether oxygens (including phenoxy) is 3. The van der Waals surface area contributed by atoms with Crippen LogP contribution in [0.2, 0.25) is 0 Å². The highest BCUT2D eigenvalue weighted by atomic mass is 16.7. The van der Waals surface area contributed by atoms with E-state index in [4.69, 9.17) is 19.0 Å². The first kappa shape index (κ1) is 13.7. The normalized spacial score (nSPS) is 17.8. The number of hydrogen-bond acceptors (Lipinski definition) is 6. The van der Waals surface area contributed by atoms with Crippen LogP contribution in [0.3, 0.4) is 0 Å². The SMILES string of the molecule is CC(=O)O/N=C(/c1ccc2c(c1)OCO2)N1CCOCC1. The van der Waals surface area contributed by atoms with Crippen LogP contribution >= 0.6 is 0 Å². The number of hydrogen-bond donors (Lipinski definition) is 0. The lowest BCUT2D eigenvalue weighted by atomic mass is 10.1. The first-order valence-corrected chi connectivity index (χ1v) is 6.72. The lowest BCUT2D eigenvalue weighted by Crippen LogP contribution is -2.41. The Balaban J connectivity index is 1.90. The Morgan fingerprint density at radius 2 is 2.00 bits per heavy atom. The minimum absolute atomic E-state index is 0.215. The van der Waals surface area contributed by atoms with Gasteiger partial charge in [0.1, 0.15) is 0 Å². The molecule has 0 unspecified atom stereocenters. The zero-order chi connectivity index (χ0) is 14.7. The molecular formula is C14H16N2O5. The van der Waals surface area contributed by atoms with E-state index in [1.807, 2.05) is 23.1 Å². The summed E-state index contributed by atoms with van der Waals surface area (Å²) >= 11 is 0. The van der Waals surface area contributed by atoms with Gasteiger partial charge in [-0.3, -0.25) is 0 Å². The monoisotopic (exact) mass is 292 g/mol. The van der Waals surface area contributed by atoms with Crippen molar-refractivity contribution in [1.82, 2.24) is 4.90 Å². The van der Waals surface area contributed by atoms with Crippen LogP contribution in [-0.4, -0.2) is 49.8 Å². The fourth-order valence-corrected chi connectivity index (χ4v) is 2.21. The molecule has 0 radical (unpaired) electrons. The molecule has 7 heteroatoms. The molecule has 0 atom stereocenters. The largest absolute Gasteiger partial charge is 0.454 e. The first-order valence-electron chi connectivity index (χ1n) is 6.72. The highest BCUT2D eigenvalue weighted by Gasteiger charge is 2.21. The van der Waals surface area contributed by atoms with Gasteiger partial charge in [-0.1, -0.05) is 5.16 Å². The Morgan fingerprint density at radius 1 is 1.24 bits per heavy atom. The van der Waals surface area contributed by atoms with Crippen molar-refractivity contribution in [2.45, 2.75) is 6.92 Å². The molecule has 7 nitrogen and oxygen atoms in total. The first-order chi connectivity index (χ1) is 10.2. The molecule has 1 aromatic rings. The standard InChI is InChI=1S/C14H16N2O5/c1-10(17)21-15-14(16-4-6-18-7-5-16)11-2-3-12-13(8-11)20-9-19-12/h2-3,8H,4-7,9H2,1H3/b15-14-. The van der Waals surface area contributed by atoms with Gasteiger partial charge in [0.25, 0.3) is 0 Å². The Kier molecular flexibility index (Phi) is 3.92. The van der Waals surface area contributed by atoms with E-state index in [1.165, 1.54) is 6.92 Å². The molecule has 3 rings (SSSR count). The van der Waals surface area contributed by atoms with Gasteiger partial charge in [-0.15, -0.1) is 0 Å². The molecule has 0 saturated carbocycles. The van der Waals surface area contributed by atoms with Crippen LogP contribution in [0, 0.1) is 0 Å². The van der Waals surface area contributed by atoms with Gasteiger partial charge in [-0.25, -0.2) is 4.79 Å². The molecule has 2 aliphatic heterocycles. The summed E-state index contributed by atoms with van der Waals surface area (Å²) in [4.78, 5) is 17.9. The van der Waals surface area contributed by atoms with E-state index >= 15 is 0 Å². The summed E-state index contributed by atoms with van der Waals surface area (Å²) in [6.45, 7) is 4.14. The number of nitrogens with zero attached hydrogens (tertiary/aromatic N) is 2. The van der Waals surface area contributed by atoms with Crippen LogP contribution in [0.25, 0.3) is 0 Å². The zero-order valence-corrected chi connectivity index (χ0v) is 11.7. The summed E-state index contributed by atoms with van der Waals surface area (Å²) in [5, 5.41) is 3.98. The van der Waals surface area contributed by atoms with Crippen molar-refractivity contribution < 1.29 is 23.8 Å². The molecule has 1 aromatic carbocycles. The third-order valence-corrected chi connectivity index (χ3v) is 3.20. The van der Waals surface area contributed by atoms with Crippen LogP contribution in [0.5, 0.6) is 11.5 Å². The van der Waals surface area contributed by atoms with Crippen molar-refractivity contribution in [3.05, 3.63) is 23.8 Å². The number of benzene rings is 1. The Morgan fingerprint density at radius 3 is 2.76 bits per heavy atom. The van der Waals surface area contributed by atoms with Gasteiger partial charge in [-0.05, 0) is 18.2 Å². The Bertz CT molecular complexity index is 566. The van der Waals surface area contributed by atoms with Crippen LogP contribution in [-0.2, 0) is 14.4 Å². The quantitative estimate of drug-likeness (QED) is 0.350. The van der Waals surface area contributed by atoms with Crippen LogP contribution in [0.1, 0.15) is 12.5 Å². The molecule has 1 fully saturated rings. The summed E-state index contributed by atoms with van der Waals surface area (Å²) in [5.74, 6) is 1.50. The average molecular weight is 292 g/mol. The molecule has 0 N–H and O–H groups in total. The maximum absolute atomic E-state index is 11.0. The maximum Gasteiger partial charge on any atom is 0.332 e. The number of carbonyl (C=O) groups is 1. The molecule has 0 spiro atoms.